The fourth-order valence-electron chi connectivity index (χ4n) is 2.25. The number of amides is 1. The van der Waals surface area contributed by atoms with E-state index in [4.69, 9.17) is 5.73 Å². The van der Waals surface area contributed by atoms with Gasteiger partial charge in [0.1, 0.15) is 4.88 Å². The highest BCUT2D eigenvalue weighted by atomic mass is 32.1. The average Bonchev–Trinajstić information content (AvgIpc) is 2.65. The normalized spacial score (nSPS) is 10.9. The zero-order valence-electron chi connectivity index (χ0n) is 11.8. The maximum atomic E-state index is 12.4. The first-order valence-corrected chi connectivity index (χ1v) is 7.19. The monoisotopic (exact) mass is 277 g/mol. The van der Waals surface area contributed by atoms with Crippen LogP contribution in [-0.2, 0) is 0 Å². The van der Waals surface area contributed by atoms with Crippen molar-refractivity contribution in [1.82, 2.24) is 9.88 Å². The highest BCUT2D eigenvalue weighted by Crippen LogP contribution is 2.36. The smallest absolute Gasteiger partial charge is 0.265 e. The van der Waals surface area contributed by atoms with Crippen LogP contribution in [0.3, 0.4) is 0 Å². The molecule has 0 radical (unpaired) electrons. The molecule has 0 spiro atoms. The SMILES string of the molecule is CCCN(C)C(=O)c1sc2cc(C)nc(C)c2c1N. The molecular formula is C14H19N3OS. The number of nitrogen functional groups attached to an aromatic ring is 1. The maximum absolute atomic E-state index is 12.4. The molecule has 0 aliphatic heterocycles. The third kappa shape index (κ3) is 2.42. The quantitative estimate of drug-likeness (QED) is 0.938. The van der Waals surface area contributed by atoms with Gasteiger partial charge in [-0.3, -0.25) is 9.78 Å². The Morgan fingerprint density at radius 2 is 2.16 bits per heavy atom. The molecular weight excluding hydrogens is 258 g/mol. The Balaban J connectivity index is 2.54. The van der Waals surface area contributed by atoms with Gasteiger partial charge in [-0.15, -0.1) is 11.3 Å². The number of rotatable bonds is 3. The lowest BCUT2D eigenvalue weighted by atomic mass is 10.2. The van der Waals surface area contributed by atoms with Gasteiger partial charge in [0.25, 0.3) is 5.91 Å². The molecule has 0 bridgehead atoms. The summed E-state index contributed by atoms with van der Waals surface area (Å²) in [5.74, 6) is -0.00222. The molecule has 2 rings (SSSR count). The Morgan fingerprint density at radius 3 is 2.79 bits per heavy atom. The summed E-state index contributed by atoms with van der Waals surface area (Å²) in [6.07, 6.45) is 0.937. The predicted molar refractivity (Wildman–Crippen MR) is 80.8 cm³/mol. The first kappa shape index (κ1) is 13.8. The summed E-state index contributed by atoms with van der Waals surface area (Å²) in [6, 6.07) is 1.99. The summed E-state index contributed by atoms with van der Waals surface area (Å²) in [5.41, 5.74) is 8.56. The molecule has 1 amide bonds. The number of pyridine rings is 1. The number of aryl methyl sites for hydroxylation is 2. The van der Waals surface area contributed by atoms with Gasteiger partial charge in [-0.2, -0.15) is 0 Å². The third-order valence-electron chi connectivity index (χ3n) is 3.12. The fourth-order valence-corrected chi connectivity index (χ4v) is 3.51. The lowest BCUT2D eigenvalue weighted by Gasteiger charge is -2.15. The molecule has 5 heteroatoms. The molecule has 0 saturated carbocycles. The lowest BCUT2D eigenvalue weighted by molar-refractivity contribution is 0.0801. The van der Waals surface area contributed by atoms with E-state index in [1.165, 1.54) is 11.3 Å². The predicted octanol–water partition coefficient (Wildman–Crippen LogP) is 2.98. The van der Waals surface area contributed by atoms with E-state index in [0.717, 1.165) is 34.4 Å². The number of nitrogens with zero attached hydrogens (tertiary/aromatic N) is 2. The van der Waals surface area contributed by atoms with Crippen molar-refractivity contribution in [3.8, 4) is 0 Å². The van der Waals surface area contributed by atoms with E-state index in [1.807, 2.05) is 27.0 Å². The second-order valence-corrected chi connectivity index (χ2v) is 5.85. The van der Waals surface area contributed by atoms with Gasteiger partial charge in [0.2, 0.25) is 0 Å². The van der Waals surface area contributed by atoms with Crippen LogP contribution >= 0.6 is 11.3 Å². The summed E-state index contributed by atoms with van der Waals surface area (Å²) in [4.78, 5) is 19.1. The standard InChI is InChI=1S/C14H19N3OS/c1-5-6-17(4)14(18)13-12(15)11-9(3)16-8(2)7-10(11)19-13/h7H,5-6,15H2,1-4H3. The number of hydrogen-bond acceptors (Lipinski definition) is 4. The third-order valence-corrected chi connectivity index (χ3v) is 4.26. The number of carbonyl (C=O) groups is 1. The van der Waals surface area contributed by atoms with Crippen molar-refractivity contribution in [2.24, 2.45) is 0 Å². The van der Waals surface area contributed by atoms with Gasteiger partial charge in [-0.1, -0.05) is 6.92 Å². The zero-order chi connectivity index (χ0) is 14.2. The first-order valence-electron chi connectivity index (χ1n) is 6.37. The summed E-state index contributed by atoms with van der Waals surface area (Å²) in [5, 5.41) is 0.920. The Morgan fingerprint density at radius 1 is 1.47 bits per heavy atom. The Labute approximate surface area is 117 Å². The van der Waals surface area contributed by atoms with E-state index in [9.17, 15) is 4.79 Å². The van der Waals surface area contributed by atoms with Crippen LogP contribution in [0, 0.1) is 13.8 Å². The van der Waals surface area contributed by atoms with E-state index in [0.29, 0.717) is 10.6 Å². The lowest BCUT2D eigenvalue weighted by Crippen LogP contribution is -2.27. The topological polar surface area (TPSA) is 59.2 Å². The van der Waals surface area contributed by atoms with Crippen LogP contribution in [0.2, 0.25) is 0 Å². The van der Waals surface area contributed by atoms with E-state index in [2.05, 4.69) is 11.9 Å². The molecule has 0 aliphatic rings. The molecule has 2 N–H and O–H groups in total. The van der Waals surface area contributed by atoms with Crippen LogP contribution < -0.4 is 5.73 Å². The minimum atomic E-state index is -0.00222. The molecule has 0 fully saturated rings. The molecule has 102 valence electrons. The molecule has 0 atom stereocenters. The van der Waals surface area contributed by atoms with Crippen molar-refractivity contribution >= 4 is 33.0 Å². The van der Waals surface area contributed by atoms with Crippen LogP contribution in [-0.4, -0.2) is 29.4 Å². The molecule has 2 aromatic heterocycles. The molecule has 0 unspecified atom stereocenters. The van der Waals surface area contributed by atoms with Crippen molar-refractivity contribution in [3.63, 3.8) is 0 Å². The van der Waals surface area contributed by atoms with E-state index >= 15 is 0 Å². The van der Waals surface area contributed by atoms with Crippen molar-refractivity contribution in [3.05, 3.63) is 22.3 Å². The molecule has 4 nitrogen and oxygen atoms in total. The van der Waals surface area contributed by atoms with Gasteiger partial charge in [0.05, 0.1) is 5.69 Å². The van der Waals surface area contributed by atoms with Gasteiger partial charge in [0, 0.05) is 35.1 Å². The molecule has 19 heavy (non-hydrogen) atoms. The van der Waals surface area contributed by atoms with Crippen molar-refractivity contribution in [2.75, 3.05) is 19.3 Å². The molecule has 2 aromatic rings. The van der Waals surface area contributed by atoms with Crippen molar-refractivity contribution in [1.29, 1.82) is 0 Å². The van der Waals surface area contributed by atoms with Gasteiger partial charge in [0.15, 0.2) is 0 Å². The van der Waals surface area contributed by atoms with E-state index < -0.39 is 0 Å². The number of anilines is 1. The summed E-state index contributed by atoms with van der Waals surface area (Å²) >= 11 is 1.46. The average molecular weight is 277 g/mol. The Bertz CT molecular complexity index is 633. The number of carbonyl (C=O) groups excluding carboxylic acids is 1. The highest BCUT2D eigenvalue weighted by Gasteiger charge is 2.20. The minimum absolute atomic E-state index is 0.00222. The summed E-state index contributed by atoms with van der Waals surface area (Å²) in [6.45, 7) is 6.67. The number of hydrogen-bond donors (Lipinski definition) is 1. The largest absolute Gasteiger partial charge is 0.397 e. The second kappa shape index (κ2) is 5.17. The Kier molecular flexibility index (Phi) is 3.75. The van der Waals surface area contributed by atoms with Crippen LogP contribution in [0.5, 0.6) is 0 Å². The molecule has 0 aromatic carbocycles. The van der Waals surface area contributed by atoms with E-state index in [-0.39, 0.29) is 5.91 Å². The van der Waals surface area contributed by atoms with Crippen LogP contribution in [0.15, 0.2) is 6.07 Å². The van der Waals surface area contributed by atoms with Crippen LogP contribution in [0.25, 0.3) is 10.1 Å². The minimum Gasteiger partial charge on any atom is -0.397 e. The molecule has 0 saturated heterocycles. The van der Waals surface area contributed by atoms with Crippen molar-refractivity contribution in [2.45, 2.75) is 27.2 Å². The number of aromatic nitrogens is 1. The van der Waals surface area contributed by atoms with Gasteiger partial charge in [-0.25, -0.2) is 0 Å². The second-order valence-electron chi connectivity index (χ2n) is 4.79. The van der Waals surface area contributed by atoms with Crippen molar-refractivity contribution < 1.29 is 4.79 Å². The number of nitrogens with two attached hydrogens (primary N) is 1. The number of fused-ring (bicyclic) bond motifs is 1. The maximum Gasteiger partial charge on any atom is 0.265 e. The Hall–Kier alpha value is -1.62. The highest BCUT2D eigenvalue weighted by molar-refractivity contribution is 7.21. The zero-order valence-corrected chi connectivity index (χ0v) is 12.6. The summed E-state index contributed by atoms with van der Waals surface area (Å²) < 4.78 is 1.04. The summed E-state index contributed by atoms with van der Waals surface area (Å²) in [7, 11) is 1.81. The van der Waals surface area contributed by atoms with Crippen LogP contribution in [0.4, 0.5) is 5.69 Å². The number of thiophene rings is 1. The van der Waals surface area contributed by atoms with Gasteiger partial charge in [-0.05, 0) is 26.3 Å². The first-order chi connectivity index (χ1) is 8.95. The van der Waals surface area contributed by atoms with Gasteiger partial charge >= 0.3 is 0 Å². The van der Waals surface area contributed by atoms with E-state index in [1.54, 1.807) is 4.90 Å². The molecule has 2 heterocycles. The fraction of sp³-hybridized carbons (Fsp3) is 0.429. The molecule has 0 aliphatic carbocycles. The van der Waals surface area contributed by atoms with Gasteiger partial charge < -0.3 is 10.6 Å². The van der Waals surface area contributed by atoms with Crippen LogP contribution in [0.1, 0.15) is 34.4 Å².